The zero-order valence-electron chi connectivity index (χ0n) is 17.8. The molecule has 9 heteroatoms. The molecule has 0 aliphatic carbocycles. The van der Waals surface area contributed by atoms with E-state index in [1.165, 1.54) is 17.0 Å². The summed E-state index contributed by atoms with van der Waals surface area (Å²) in [6, 6.07) is 11.6. The number of pyridine rings is 1. The van der Waals surface area contributed by atoms with Crippen molar-refractivity contribution in [1.29, 1.82) is 0 Å². The van der Waals surface area contributed by atoms with Crippen molar-refractivity contribution in [2.45, 2.75) is 25.3 Å². The summed E-state index contributed by atoms with van der Waals surface area (Å²) in [7, 11) is 0. The third-order valence-electron chi connectivity index (χ3n) is 6.45. The van der Waals surface area contributed by atoms with Gasteiger partial charge in [-0.2, -0.15) is 0 Å². The zero-order valence-corrected chi connectivity index (χ0v) is 19.4. The van der Waals surface area contributed by atoms with E-state index in [9.17, 15) is 18.8 Å². The van der Waals surface area contributed by atoms with Crippen molar-refractivity contribution in [3.05, 3.63) is 74.8 Å². The molecule has 0 spiro atoms. The number of carbonyl (C=O) groups is 2. The molecule has 0 unspecified atom stereocenters. The summed E-state index contributed by atoms with van der Waals surface area (Å²) in [5, 5.41) is 0. The van der Waals surface area contributed by atoms with E-state index in [1.807, 2.05) is 15.5 Å². The van der Waals surface area contributed by atoms with E-state index in [1.54, 1.807) is 30.3 Å². The van der Waals surface area contributed by atoms with Crippen LogP contribution in [-0.4, -0.2) is 50.1 Å². The van der Waals surface area contributed by atoms with Crippen molar-refractivity contribution in [2.75, 3.05) is 19.6 Å². The predicted molar refractivity (Wildman–Crippen MR) is 129 cm³/mol. The fourth-order valence-corrected chi connectivity index (χ4v) is 6.19. The van der Waals surface area contributed by atoms with Gasteiger partial charge in [0.25, 0.3) is 11.5 Å². The summed E-state index contributed by atoms with van der Waals surface area (Å²) in [5.41, 5.74) is 1.33. The van der Waals surface area contributed by atoms with Crippen LogP contribution in [0.15, 0.2) is 52.2 Å². The van der Waals surface area contributed by atoms with Gasteiger partial charge >= 0.3 is 0 Å². The lowest BCUT2D eigenvalue weighted by Gasteiger charge is -2.42. The van der Waals surface area contributed by atoms with Gasteiger partial charge in [0.1, 0.15) is 10.1 Å². The summed E-state index contributed by atoms with van der Waals surface area (Å²) < 4.78 is 16.2. The normalized spacial score (nSPS) is 23.2. The molecule has 2 fully saturated rings. The van der Waals surface area contributed by atoms with E-state index < -0.39 is 5.82 Å². The number of rotatable bonds is 4. The van der Waals surface area contributed by atoms with E-state index in [2.05, 4.69) is 0 Å². The Bertz CT molecular complexity index is 1240. The van der Waals surface area contributed by atoms with Crippen LogP contribution in [0.5, 0.6) is 0 Å². The Balaban J connectivity index is 1.24. The maximum Gasteiger partial charge on any atom is 0.266 e. The Kier molecular flexibility index (Phi) is 5.92. The smallest absolute Gasteiger partial charge is 0.266 e. The number of fused-ring (bicyclic) bond motifs is 4. The predicted octanol–water partition coefficient (Wildman–Crippen LogP) is 3.22. The first-order valence-electron chi connectivity index (χ1n) is 10.9. The van der Waals surface area contributed by atoms with Gasteiger partial charge < -0.3 is 9.47 Å². The number of likely N-dealkylation sites (tertiary alicyclic amines) is 1. The molecule has 0 radical (unpaired) electrons. The average Bonchev–Trinajstić information content (AvgIpc) is 3.06. The van der Waals surface area contributed by atoms with E-state index in [0.717, 1.165) is 23.9 Å². The molecule has 2 amide bonds. The SMILES string of the molecule is O=C(CCN1C(=O)/C(=C\c2ccccc2F)SC1=S)N1C[C@@H]2C[C@@H](C1)c1cccc(=O)n1C2. The van der Waals surface area contributed by atoms with Crippen LogP contribution in [-0.2, 0) is 16.1 Å². The van der Waals surface area contributed by atoms with Gasteiger partial charge in [0.15, 0.2) is 0 Å². The first-order valence-corrected chi connectivity index (χ1v) is 12.1. The van der Waals surface area contributed by atoms with Crippen molar-refractivity contribution in [3.8, 4) is 0 Å². The number of halogens is 1. The molecule has 2 bridgehead atoms. The summed E-state index contributed by atoms with van der Waals surface area (Å²) in [6.45, 7) is 2.01. The highest BCUT2D eigenvalue weighted by atomic mass is 32.2. The number of benzene rings is 1. The van der Waals surface area contributed by atoms with E-state index in [-0.39, 0.29) is 42.2 Å². The fraction of sp³-hybridized carbons (Fsp3) is 0.333. The van der Waals surface area contributed by atoms with Gasteiger partial charge in [-0.3, -0.25) is 19.3 Å². The number of carbonyl (C=O) groups excluding carboxylic acids is 2. The Morgan fingerprint density at radius 2 is 1.94 bits per heavy atom. The number of nitrogens with zero attached hydrogens (tertiary/aromatic N) is 3. The monoisotopic (exact) mass is 483 g/mol. The van der Waals surface area contributed by atoms with Crippen molar-refractivity contribution in [3.63, 3.8) is 0 Å². The minimum atomic E-state index is -0.405. The number of hydrogen-bond donors (Lipinski definition) is 0. The third kappa shape index (κ3) is 4.27. The lowest BCUT2D eigenvalue weighted by atomic mass is 9.83. The molecule has 1 aromatic carbocycles. The molecule has 0 saturated carbocycles. The lowest BCUT2D eigenvalue weighted by Crippen LogP contribution is -2.49. The topological polar surface area (TPSA) is 62.6 Å². The van der Waals surface area contributed by atoms with Crippen LogP contribution in [0.4, 0.5) is 4.39 Å². The summed E-state index contributed by atoms with van der Waals surface area (Å²) in [4.78, 5) is 41.6. The first-order chi connectivity index (χ1) is 15.9. The second-order valence-electron chi connectivity index (χ2n) is 8.60. The average molecular weight is 484 g/mol. The number of thiocarbonyl (C=S) groups is 1. The van der Waals surface area contributed by atoms with Gasteiger partial charge in [-0.15, -0.1) is 0 Å². The zero-order chi connectivity index (χ0) is 23.1. The standard InChI is InChI=1S/C24H22FN3O3S2/c25-18-5-2-1-4-16(18)11-20-23(31)27(24(32)33-20)9-8-21(29)26-12-15-10-17(14-26)19-6-3-7-22(30)28(19)13-15/h1-7,11,15,17H,8-10,12-14H2/b20-11+/t15-,17-/m0/s1. The Labute approximate surface area is 200 Å². The van der Waals surface area contributed by atoms with Gasteiger partial charge in [0, 0.05) is 55.8 Å². The van der Waals surface area contributed by atoms with Crippen molar-refractivity contribution in [1.82, 2.24) is 14.4 Å². The maximum atomic E-state index is 14.0. The molecule has 2 atom stereocenters. The molecule has 6 nitrogen and oxygen atoms in total. The molecule has 5 rings (SSSR count). The lowest BCUT2D eigenvalue weighted by molar-refractivity contribution is -0.134. The molecule has 170 valence electrons. The number of amides is 2. The third-order valence-corrected chi connectivity index (χ3v) is 7.82. The van der Waals surface area contributed by atoms with Crippen LogP contribution in [0.2, 0.25) is 0 Å². The molecule has 2 saturated heterocycles. The molecule has 1 aromatic heterocycles. The largest absolute Gasteiger partial charge is 0.342 e. The molecule has 2 aromatic rings. The van der Waals surface area contributed by atoms with Gasteiger partial charge in [-0.05, 0) is 30.5 Å². The van der Waals surface area contributed by atoms with Crippen molar-refractivity contribution >= 4 is 46.2 Å². The van der Waals surface area contributed by atoms with Gasteiger partial charge in [-0.1, -0.05) is 48.2 Å². The van der Waals surface area contributed by atoms with E-state index in [0.29, 0.717) is 34.4 Å². The van der Waals surface area contributed by atoms with Gasteiger partial charge in [0.2, 0.25) is 5.91 Å². The summed E-state index contributed by atoms with van der Waals surface area (Å²) in [6.07, 6.45) is 2.64. The Morgan fingerprint density at radius 1 is 1.12 bits per heavy atom. The number of aromatic nitrogens is 1. The molecular formula is C24H22FN3O3S2. The van der Waals surface area contributed by atoms with Crippen LogP contribution < -0.4 is 5.56 Å². The molecule has 4 heterocycles. The Hall–Kier alpha value is -2.78. The number of hydrogen-bond acceptors (Lipinski definition) is 5. The van der Waals surface area contributed by atoms with Crippen LogP contribution in [0.25, 0.3) is 6.08 Å². The quantitative estimate of drug-likeness (QED) is 0.494. The first kappa shape index (κ1) is 22.0. The van der Waals surface area contributed by atoms with Crippen LogP contribution in [0.1, 0.15) is 30.0 Å². The minimum absolute atomic E-state index is 0.0137. The van der Waals surface area contributed by atoms with Gasteiger partial charge in [0.05, 0.1) is 4.91 Å². The number of thioether (sulfide) groups is 1. The second-order valence-corrected chi connectivity index (χ2v) is 10.3. The Morgan fingerprint density at radius 3 is 2.76 bits per heavy atom. The van der Waals surface area contributed by atoms with Crippen molar-refractivity contribution < 1.29 is 14.0 Å². The van der Waals surface area contributed by atoms with E-state index in [4.69, 9.17) is 12.2 Å². The highest BCUT2D eigenvalue weighted by Gasteiger charge is 2.37. The van der Waals surface area contributed by atoms with Crippen LogP contribution in [0, 0.1) is 11.7 Å². The highest BCUT2D eigenvalue weighted by Crippen LogP contribution is 2.36. The molecule has 33 heavy (non-hydrogen) atoms. The maximum absolute atomic E-state index is 14.0. The molecule has 0 N–H and O–H groups in total. The van der Waals surface area contributed by atoms with Crippen molar-refractivity contribution in [2.24, 2.45) is 5.92 Å². The van der Waals surface area contributed by atoms with Crippen LogP contribution >= 0.6 is 24.0 Å². The second kappa shape index (κ2) is 8.87. The molecule has 3 aliphatic heterocycles. The van der Waals surface area contributed by atoms with Gasteiger partial charge in [-0.25, -0.2) is 4.39 Å². The molecular weight excluding hydrogens is 461 g/mol. The minimum Gasteiger partial charge on any atom is -0.342 e. The highest BCUT2D eigenvalue weighted by molar-refractivity contribution is 8.26. The fourth-order valence-electron chi connectivity index (χ4n) is 4.89. The number of piperidine rings is 1. The van der Waals surface area contributed by atoms with E-state index >= 15 is 0 Å². The molecule has 3 aliphatic rings. The summed E-state index contributed by atoms with van der Waals surface area (Å²) in [5.74, 6) is -0.331. The van der Waals surface area contributed by atoms with Crippen LogP contribution in [0.3, 0.4) is 0 Å². The summed E-state index contributed by atoms with van der Waals surface area (Å²) >= 11 is 6.47.